The van der Waals surface area contributed by atoms with Crippen LogP contribution in [-0.4, -0.2) is 18.2 Å². The average molecular weight is 225 g/mol. The van der Waals surface area contributed by atoms with Crippen LogP contribution in [-0.2, 0) is 4.74 Å². The van der Waals surface area contributed by atoms with E-state index >= 15 is 0 Å². The van der Waals surface area contributed by atoms with Crippen LogP contribution < -0.4 is 5.73 Å². The molecule has 1 spiro atoms. The van der Waals surface area contributed by atoms with Gasteiger partial charge in [-0.1, -0.05) is 19.3 Å². The molecule has 0 aromatic carbocycles. The van der Waals surface area contributed by atoms with Gasteiger partial charge in [0.05, 0.1) is 5.60 Å². The van der Waals surface area contributed by atoms with Gasteiger partial charge in [0.1, 0.15) is 0 Å². The van der Waals surface area contributed by atoms with Gasteiger partial charge in [-0.3, -0.25) is 0 Å². The Morgan fingerprint density at radius 1 is 1.31 bits per heavy atom. The van der Waals surface area contributed by atoms with E-state index in [1.807, 2.05) is 0 Å². The second kappa shape index (κ2) is 5.50. The molecule has 2 aliphatic rings. The van der Waals surface area contributed by atoms with Crippen LogP contribution in [0.25, 0.3) is 0 Å². The van der Waals surface area contributed by atoms with Gasteiger partial charge in [0.25, 0.3) is 0 Å². The van der Waals surface area contributed by atoms with Crippen LogP contribution in [0.5, 0.6) is 0 Å². The highest BCUT2D eigenvalue weighted by atomic mass is 16.5. The van der Waals surface area contributed by atoms with Crippen LogP contribution in [0.1, 0.15) is 64.7 Å². The fourth-order valence-electron chi connectivity index (χ4n) is 3.42. The van der Waals surface area contributed by atoms with Crippen LogP contribution in [0.3, 0.4) is 0 Å². The first-order valence-electron chi connectivity index (χ1n) is 7.10. The van der Waals surface area contributed by atoms with Gasteiger partial charge >= 0.3 is 0 Å². The molecule has 2 N–H and O–H groups in total. The zero-order chi connectivity index (χ0) is 11.4. The third-order valence-corrected chi connectivity index (χ3v) is 4.39. The van der Waals surface area contributed by atoms with Gasteiger partial charge < -0.3 is 10.5 Å². The maximum Gasteiger partial charge on any atom is 0.0685 e. The highest BCUT2D eigenvalue weighted by Gasteiger charge is 2.38. The molecule has 0 radical (unpaired) electrons. The Balaban J connectivity index is 1.83. The Labute approximate surface area is 99.9 Å². The maximum absolute atomic E-state index is 6.11. The Hall–Kier alpha value is -0.0800. The second-order valence-electron chi connectivity index (χ2n) is 6.01. The highest BCUT2D eigenvalue weighted by Crippen LogP contribution is 2.41. The summed E-state index contributed by atoms with van der Waals surface area (Å²) < 4.78 is 6.11. The predicted octanol–water partition coefficient (Wildman–Crippen LogP) is 3.24. The number of rotatable bonds is 3. The third kappa shape index (κ3) is 3.21. The monoisotopic (exact) mass is 225 g/mol. The van der Waals surface area contributed by atoms with E-state index in [2.05, 4.69) is 6.92 Å². The van der Waals surface area contributed by atoms with E-state index in [1.54, 1.807) is 0 Å². The summed E-state index contributed by atoms with van der Waals surface area (Å²) in [7, 11) is 0. The van der Waals surface area contributed by atoms with Gasteiger partial charge in [-0.05, 0) is 51.4 Å². The molecule has 1 aliphatic heterocycles. The largest absolute Gasteiger partial charge is 0.375 e. The van der Waals surface area contributed by atoms with Crippen molar-refractivity contribution in [3.63, 3.8) is 0 Å². The van der Waals surface area contributed by atoms with E-state index in [0.29, 0.717) is 6.04 Å². The van der Waals surface area contributed by atoms with Crippen molar-refractivity contribution in [1.82, 2.24) is 0 Å². The lowest BCUT2D eigenvalue weighted by atomic mass is 9.75. The van der Waals surface area contributed by atoms with Crippen LogP contribution in [0.2, 0.25) is 0 Å². The molecular weight excluding hydrogens is 198 g/mol. The maximum atomic E-state index is 6.11. The van der Waals surface area contributed by atoms with Crippen molar-refractivity contribution in [3.05, 3.63) is 0 Å². The zero-order valence-electron chi connectivity index (χ0n) is 10.7. The Bertz CT molecular complexity index is 203. The summed E-state index contributed by atoms with van der Waals surface area (Å²) in [6, 6.07) is 0.366. The van der Waals surface area contributed by atoms with Crippen molar-refractivity contribution in [2.24, 2.45) is 11.7 Å². The first kappa shape index (κ1) is 12.4. The molecule has 2 nitrogen and oxygen atoms in total. The number of nitrogens with two attached hydrogens (primary N) is 1. The molecule has 0 amide bonds. The Morgan fingerprint density at radius 2 is 2.06 bits per heavy atom. The summed E-state index contributed by atoms with van der Waals surface area (Å²) in [4.78, 5) is 0. The molecule has 1 saturated heterocycles. The minimum atomic E-state index is 0.277. The van der Waals surface area contributed by atoms with Gasteiger partial charge in [0, 0.05) is 12.6 Å². The third-order valence-electron chi connectivity index (χ3n) is 4.39. The molecular formula is C14H27NO. The van der Waals surface area contributed by atoms with E-state index in [9.17, 15) is 0 Å². The van der Waals surface area contributed by atoms with Crippen molar-refractivity contribution in [2.45, 2.75) is 76.4 Å². The minimum Gasteiger partial charge on any atom is -0.375 e. The first-order chi connectivity index (χ1) is 7.70. The molecule has 0 bridgehead atoms. The highest BCUT2D eigenvalue weighted by molar-refractivity contribution is 4.89. The molecule has 2 heteroatoms. The second-order valence-corrected chi connectivity index (χ2v) is 6.01. The molecule has 2 atom stereocenters. The molecule has 1 aliphatic carbocycles. The topological polar surface area (TPSA) is 35.2 Å². The molecule has 94 valence electrons. The Kier molecular flexibility index (Phi) is 4.26. The summed E-state index contributed by atoms with van der Waals surface area (Å²) in [5, 5.41) is 0. The quantitative estimate of drug-likeness (QED) is 0.800. The molecule has 2 rings (SSSR count). The lowest BCUT2D eigenvalue weighted by Gasteiger charge is -2.43. The normalized spacial score (nSPS) is 31.5. The van der Waals surface area contributed by atoms with Gasteiger partial charge in [0.15, 0.2) is 0 Å². The van der Waals surface area contributed by atoms with Crippen molar-refractivity contribution in [1.29, 1.82) is 0 Å². The summed E-state index contributed by atoms with van der Waals surface area (Å²) in [6.07, 6.45) is 11.8. The molecule has 2 fully saturated rings. The number of ether oxygens (including phenoxy) is 1. The molecule has 2 unspecified atom stereocenters. The molecule has 1 heterocycles. The number of hydrogen-bond acceptors (Lipinski definition) is 2. The SMILES string of the molecule is CC(N)CCC1CCOC2(CCCCC2)C1. The lowest BCUT2D eigenvalue weighted by Crippen LogP contribution is -2.41. The fraction of sp³-hybridized carbons (Fsp3) is 1.00. The van der Waals surface area contributed by atoms with E-state index in [-0.39, 0.29) is 5.60 Å². The van der Waals surface area contributed by atoms with E-state index < -0.39 is 0 Å². The molecule has 0 aromatic heterocycles. The molecule has 16 heavy (non-hydrogen) atoms. The van der Waals surface area contributed by atoms with Crippen LogP contribution in [0, 0.1) is 5.92 Å². The fourth-order valence-corrected chi connectivity index (χ4v) is 3.42. The lowest BCUT2D eigenvalue weighted by molar-refractivity contribution is -0.118. The van der Waals surface area contributed by atoms with Crippen LogP contribution in [0.15, 0.2) is 0 Å². The molecule has 0 aromatic rings. The Morgan fingerprint density at radius 3 is 2.75 bits per heavy atom. The van der Waals surface area contributed by atoms with Gasteiger partial charge in [-0.15, -0.1) is 0 Å². The summed E-state index contributed by atoms with van der Waals surface area (Å²) in [6.45, 7) is 3.11. The summed E-state index contributed by atoms with van der Waals surface area (Å²) in [5.41, 5.74) is 6.13. The smallest absolute Gasteiger partial charge is 0.0685 e. The number of hydrogen-bond donors (Lipinski definition) is 1. The zero-order valence-corrected chi connectivity index (χ0v) is 10.7. The minimum absolute atomic E-state index is 0.277. The summed E-state index contributed by atoms with van der Waals surface area (Å²) >= 11 is 0. The van der Waals surface area contributed by atoms with Gasteiger partial charge in [-0.25, -0.2) is 0 Å². The van der Waals surface area contributed by atoms with Crippen molar-refractivity contribution in [3.8, 4) is 0 Å². The molecule has 1 saturated carbocycles. The summed E-state index contributed by atoms with van der Waals surface area (Å²) in [5.74, 6) is 0.873. The van der Waals surface area contributed by atoms with E-state index in [4.69, 9.17) is 10.5 Å². The standard InChI is InChI=1S/C14H27NO/c1-12(15)5-6-13-7-10-16-14(11-13)8-3-2-4-9-14/h12-13H,2-11,15H2,1H3. The average Bonchev–Trinajstić information content (AvgIpc) is 2.28. The first-order valence-corrected chi connectivity index (χ1v) is 7.10. The van der Waals surface area contributed by atoms with Crippen molar-refractivity contribution in [2.75, 3.05) is 6.61 Å². The van der Waals surface area contributed by atoms with Gasteiger partial charge in [0.2, 0.25) is 0 Å². The van der Waals surface area contributed by atoms with E-state index in [0.717, 1.165) is 12.5 Å². The predicted molar refractivity (Wildman–Crippen MR) is 67.4 cm³/mol. The van der Waals surface area contributed by atoms with E-state index in [1.165, 1.54) is 57.8 Å². The van der Waals surface area contributed by atoms with Crippen molar-refractivity contribution >= 4 is 0 Å². The van der Waals surface area contributed by atoms with Crippen LogP contribution in [0.4, 0.5) is 0 Å². The van der Waals surface area contributed by atoms with Crippen molar-refractivity contribution < 1.29 is 4.74 Å². The van der Waals surface area contributed by atoms with Crippen LogP contribution >= 0.6 is 0 Å². The van der Waals surface area contributed by atoms with Gasteiger partial charge in [-0.2, -0.15) is 0 Å².